The van der Waals surface area contributed by atoms with Crippen LogP contribution in [0.5, 0.6) is 5.75 Å². The first-order chi connectivity index (χ1) is 8.26. The van der Waals surface area contributed by atoms with E-state index in [9.17, 15) is 0 Å². The van der Waals surface area contributed by atoms with Crippen molar-refractivity contribution in [1.82, 2.24) is 0 Å². The van der Waals surface area contributed by atoms with Crippen LogP contribution >= 0.6 is 11.6 Å². The molecule has 94 valence electrons. The molecular weight excluding hydrogens is 234 g/mol. The molecule has 1 aliphatic carbocycles. The molecule has 0 aliphatic heterocycles. The summed E-state index contributed by atoms with van der Waals surface area (Å²) in [5, 5.41) is 0.682. The Balaban J connectivity index is 2.21. The third-order valence-corrected chi connectivity index (χ3v) is 4.12. The Labute approximate surface area is 108 Å². The lowest BCUT2D eigenvalue weighted by atomic mass is 9.85. The molecule has 3 heteroatoms. The summed E-state index contributed by atoms with van der Waals surface area (Å²) in [5.41, 5.74) is 7.19. The van der Waals surface area contributed by atoms with Gasteiger partial charge in [-0.05, 0) is 48.9 Å². The van der Waals surface area contributed by atoms with Gasteiger partial charge in [0.1, 0.15) is 5.75 Å². The zero-order chi connectivity index (χ0) is 12.3. The highest BCUT2D eigenvalue weighted by molar-refractivity contribution is 6.32. The van der Waals surface area contributed by atoms with Crippen molar-refractivity contribution in [3.05, 3.63) is 28.8 Å². The van der Waals surface area contributed by atoms with E-state index in [1.807, 2.05) is 12.1 Å². The van der Waals surface area contributed by atoms with Gasteiger partial charge in [-0.1, -0.05) is 30.5 Å². The summed E-state index contributed by atoms with van der Waals surface area (Å²) in [4.78, 5) is 0. The molecule has 17 heavy (non-hydrogen) atoms. The quantitative estimate of drug-likeness (QED) is 0.890. The van der Waals surface area contributed by atoms with Gasteiger partial charge in [-0.15, -0.1) is 0 Å². The van der Waals surface area contributed by atoms with Gasteiger partial charge in [-0.2, -0.15) is 0 Å². The van der Waals surface area contributed by atoms with Crippen molar-refractivity contribution in [3.8, 4) is 5.75 Å². The minimum absolute atomic E-state index is 0.445. The molecule has 0 heterocycles. The van der Waals surface area contributed by atoms with Crippen LogP contribution in [0.4, 0.5) is 0 Å². The van der Waals surface area contributed by atoms with Crippen molar-refractivity contribution < 1.29 is 4.74 Å². The highest BCUT2D eigenvalue weighted by Crippen LogP contribution is 2.38. The fraction of sp³-hybridized carbons (Fsp3) is 0.571. The summed E-state index contributed by atoms with van der Waals surface area (Å²) < 4.78 is 5.18. The molecule has 1 aromatic rings. The van der Waals surface area contributed by atoms with E-state index in [-0.39, 0.29) is 0 Å². The molecule has 1 aliphatic rings. The lowest BCUT2D eigenvalue weighted by Crippen LogP contribution is -2.19. The van der Waals surface area contributed by atoms with Crippen LogP contribution in [0.2, 0.25) is 5.02 Å². The number of rotatable bonds is 4. The number of benzene rings is 1. The third-order valence-electron chi connectivity index (χ3n) is 3.83. The molecule has 2 N–H and O–H groups in total. The van der Waals surface area contributed by atoms with Gasteiger partial charge >= 0.3 is 0 Å². The summed E-state index contributed by atoms with van der Waals surface area (Å²) in [6.07, 6.45) is 5.27. The predicted octanol–water partition coefficient (Wildman–Crippen LogP) is 3.58. The molecule has 0 amide bonds. The Hall–Kier alpha value is -0.730. The van der Waals surface area contributed by atoms with E-state index >= 15 is 0 Å². The maximum atomic E-state index is 6.17. The Morgan fingerprint density at radius 2 is 2.12 bits per heavy atom. The molecule has 0 spiro atoms. The summed E-state index contributed by atoms with van der Waals surface area (Å²) in [7, 11) is 1.64. The number of nitrogens with two attached hydrogens (primary N) is 1. The fourth-order valence-corrected chi connectivity index (χ4v) is 3.14. The van der Waals surface area contributed by atoms with E-state index in [1.165, 1.54) is 31.2 Å². The second-order valence-electron chi connectivity index (χ2n) is 4.78. The maximum absolute atomic E-state index is 6.17. The second kappa shape index (κ2) is 5.74. The minimum atomic E-state index is 0.445. The van der Waals surface area contributed by atoms with Crippen molar-refractivity contribution in [1.29, 1.82) is 0 Å². The first kappa shape index (κ1) is 12.7. The van der Waals surface area contributed by atoms with E-state index in [4.69, 9.17) is 22.1 Å². The van der Waals surface area contributed by atoms with Crippen molar-refractivity contribution in [2.45, 2.75) is 31.6 Å². The average molecular weight is 254 g/mol. The normalized spacial score (nSPS) is 18.3. The summed E-state index contributed by atoms with van der Waals surface area (Å²) in [6.45, 7) is 0.702. The van der Waals surface area contributed by atoms with Crippen LogP contribution in [-0.2, 0) is 0 Å². The van der Waals surface area contributed by atoms with E-state index < -0.39 is 0 Å². The van der Waals surface area contributed by atoms with E-state index in [0.717, 1.165) is 11.7 Å². The van der Waals surface area contributed by atoms with Crippen molar-refractivity contribution >= 4 is 11.6 Å². The molecule has 0 radical (unpaired) electrons. The molecular formula is C14H20ClNO. The van der Waals surface area contributed by atoms with Crippen molar-refractivity contribution in [3.63, 3.8) is 0 Å². The highest BCUT2D eigenvalue weighted by atomic mass is 35.5. The molecule has 0 bridgehead atoms. The smallest absolute Gasteiger partial charge is 0.137 e. The summed E-state index contributed by atoms with van der Waals surface area (Å²) in [6, 6.07) is 6.05. The van der Waals surface area contributed by atoms with Gasteiger partial charge in [0.15, 0.2) is 0 Å². The standard InChI is InChI=1S/C14H20ClNO/c1-17-14-7-6-11(8-13(14)15)12(9-16)10-4-2-3-5-10/h6-8,10,12H,2-5,9,16H2,1H3. The molecule has 0 aromatic heterocycles. The van der Waals surface area contributed by atoms with Gasteiger partial charge in [-0.25, -0.2) is 0 Å². The van der Waals surface area contributed by atoms with Gasteiger partial charge in [0.25, 0.3) is 0 Å². The van der Waals surface area contributed by atoms with E-state index in [0.29, 0.717) is 17.5 Å². The first-order valence-electron chi connectivity index (χ1n) is 6.29. The monoisotopic (exact) mass is 253 g/mol. The Morgan fingerprint density at radius 1 is 1.41 bits per heavy atom. The van der Waals surface area contributed by atoms with Gasteiger partial charge in [0.05, 0.1) is 12.1 Å². The largest absolute Gasteiger partial charge is 0.495 e. The molecule has 2 rings (SSSR count). The van der Waals surface area contributed by atoms with Crippen LogP contribution in [0, 0.1) is 5.92 Å². The van der Waals surface area contributed by atoms with E-state index in [1.54, 1.807) is 7.11 Å². The lowest BCUT2D eigenvalue weighted by Gasteiger charge is -2.22. The third kappa shape index (κ3) is 2.75. The topological polar surface area (TPSA) is 35.2 Å². The zero-order valence-electron chi connectivity index (χ0n) is 10.3. The molecule has 0 saturated heterocycles. The molecule has 1 fully saturated rings. The number of halogens is 1. The van der Waals surface area contributed by atoms with Gasteiger partial charge < -0.3 is 10.5 Å². The van der Waals surface area contributed by atoms with Crippen LogP contribution < -0.4 is 10.5 Å². The molecule has 1 unspecified atom stereocenters. The fourth-order valence-electron chi connectivity index (χ4n) is 2.87. The van der Waals surface area contributed by atoms with Crippen LogP contribution in [0.25, 0.3) is 0 Å². The summed E-state index contributed by atoms with van der Waals surface area (Å²) in [5.74, 6) is 1.91. The maximum Gasteiger partial charge on any atom is 0.137 e. The lowest BCUT2D eigenvalue weighted by molar-refractivity contribution is 0.413. The average Bonchev–Trinajstić information content (AvgIpc) is 2.84. The first-order valence-corrected chi connectivity index (χ1v) is 6.67. The Kier molecular flexibility index (Phi) is 4.30. The Bertz CT molecular complexity index is 374. The van der Waals surface area contributed by atoms with Gasteiger partial charge in [-0.3, -0.25) is 0 Å². The molecule has 1 aromatic carbocycles. The predicted molar refractivity (Wildman–Crippen MR) is 71.8 cm³/mol. The Morgan fingerprint density at radius 3 is 2.65 bits per heavy atom. The minimum Gasteiger partial charge on any atom is -0.495 e. The van der Waals surface area contributed by atoms with E-state index in [2.05, 4.69) is 6.07 Å². The van der Waals surface area contributed by atoms with Gasteiger partial charge in [0.2, 0.25) is 0 Å². The van der Waals surface area contributed by atoms with Gasteiger partial charge in [0, 0.05) is 0 Å². The van der Waals surface area contributed by atoms with Crippen LogP contribution in [0.15, 0.2) is 18.2 Å². The number of ether oxygens (including phenoxy) is 1. The number of hydrogen-bond donors (Lipinski definition) is 1. The SMILES string of the molecule is COc1ccc(C(CN)C2CCCC2)cc1Cl. The summed E-state index contributed by atoms with van der Waals surface area (Å²) >= 11 is 6.17. The highest BCUT2D eigenvalue weighted by Gasteiger charge is 2.25. The van der Waals surface area contributed by atoms with Crippen LogP contribution in [-0.4, -0.2) is 13.7 Å². The zero-order valence-corrected chi connectivity index (χ0v) is 11.0. The molecule has 1 saturated carbocycles. The second-order valence-corrected chi connectivity index (χ2v) is 5.19. The van der Waals surface area contributed by atoms with Crippen molar-refractivity contribution in [2.75, 3.05) is 13.7 Å². The molecule has 1 atom stereocenters. The number of hydrogen-bond acceptors (Lipinski definition) is 2. The number of methoxy groups -OCH3 is 1. The van der Waals surface area contributed by atoms with Crippen LogP contribution in [0.3, 0.4) is 0 Å². The van der Waals surface area contributed by atoms with Crippen LogP contribution in [0.1, 0.15) is 37.2 Å². The van der Waals surface area contributed by atoms with Crippen molar-refractivity contribution in [2.24, 2.45) is 11.7 Å². The molecule has 2 nitrogen and oxygen atoms in total.